The van der Waals surface area contributed by atoms with Crippen LogP contribution in [-0.2, 0) is 17.3 Å². The molecule has 2 N–H and O–H groups in total. The fourth-order valence-corrected chi connectivity index (χ4v) is 4.17. The lowest BCUT2D eigenvalue weighted by molar-refractivity contribution is 0.211. The van der Waals surface area contributed by atoms with Crippen molar-refractivity contribution in [3.8, 4) is 5.75 Å². The van der Waals surface area contributed by atoms with Crippen LogP contribution in [-0.4, -0.2) is 20.1 Å². The van der Waals surface area contributed by atoms with Crippen LogP contribution < -0.4 is 16.0 Å². The highest BCUT2D eigenvalue weighted by molar-refractivity contribution is 7.85. The molecule has 7 nitrogen and oxygen atoms in total. The summed E-state index contributed by atoms with van der Waals surface area (Å²) >= 11 is 0. The highest BCUT2D eigenvalue weighted by Gasteiger charge is 2.11. The number of carbonyl (C=O) groups is 1. The molecule has 1 heterocycles. The van der Waals surface area contributed by atoms with Gasteiger partial charge >= 0.3 is 6.09 Å². The number of hydrogen-bond acceptors (Lipinski definition) is 5. The van der Waals surface area contributed by atoms with Crippen molar-refractivity contribution in [2.45, 2.75) is 16.3 Å². The second kappa shape index (κ2) is 8.30. The molecule has 0 radical (unpaired) electrons. The first kappa shape index (κ1) is 19.5. The van der Waals surface area contributed by atoms with Crippen molar-refractivity contribution in [1.29, 1.82) is 0 Å². The minimum Gasteiger partial charge on any atom is -0.410 e. The number of carbonyl (C=O) groups excluding carboxylic acids is 1. The Morgan fingerprint density at radius 2 is 1.80 bits per heavy atom. The van der Waals surface area contributed by atoms with Crippen molar-refractivity contribution >= 4 is 27.7 Å². The van der Waals surface area contributed by atoms with E-state index in [2.05, 4.69) is 5.10 Å². The third kappa shape index (κ3) is 4.13. The molecule has 0 aliphatic carbocycles. The lowest BCUT2D eigenvalue weighted by Gasteiger charge is -2.09. The molecule has 0 saturated carbocycles. The lowest BCUT2D eigenvalue weighted by Crippen LogP contribution is -2.23. The summed E-state index contributed by atoms with van der Waals surface area (Å²) in [6.07, 6.45) is 0.670. The van der Waals surface area contributed by atoms with Gasteiger partial charge < -0.3 is 10.5 Å². The molecule has 0 aliphatic heterocycles. The Hall–Kier alpha value is -3.78. The highest BCUT2D eigenvalue weighted by atomic mass is 32.2. The minimum absolute atomic E-state index is 0.197. The molecule has 4 rings (SSSR count). The summed E-state index contributed by atoms with van der Waals surface area (Å²) in [4.78, 5) is 25.1. The molecule has 1 amide bonds. The number of fused-ring (bicyclic) bond motifs is 1. The van der Waals surface area contributed by atoms with E-state index in [4.69, 9.17) is 10.5 Å². The standard InChI is InChI=1S/C22H17N3O4S/c23-22(27)29-17-6-4-5-15(11-17)14-25-21(26)20-10-9-19(12-16(20)13-24-25)30(28)18-7-2-1-3-8-18/h1-13H,14H2,(H2,23,27). The predicted octanol–water partition coefficient (Wildman–Crippen LogP) is 3.07. The largest absolute Gasteiger partial charge is 0.410 e. The SMILES string of the molecule is NC(=O)Oc1cccc(Cn2ncc3cc(S(=O)c4ccccc4)ccc3c2=O)c1. The number of amides is 1. The zero-order valence-electron chi connectivity index (χ0n) is 15.7. The van der Waals surface area contributed by atoms with Crippen LogP contribution in [0.2, 0.25) is 0 Å². The molecule has 0 bridgehead atoms. The second-order valence-corrected chi connectivity index (χ2v) is 7.99. The molecule has 4 aromatic rings. The van der Waals surface area contributed by atoms with Crippen LogP contribution >= 0.6 is 0 Å². The van der Waals surface area contributed by atoms with Crippen LogP contribution in [0, 0.1) is 0 Å². The van der Waals surface area contributed by atoms with E-state index in [0.717, 1.165) is 5.56 Å². The fraction of sp³-hybridized carbons (Fsp3) is 0.0455. The summed E-state index contributed by atoms with van der Waals surface area (Å²) in [5.74, 6) is 0.293. The third-order valence-corrected chi connectivity index (χ3v) is 5.83. The Bertz CT molecular complexity index is 1320. The molecule has 8 heteroatoms. The molecule has 0 aliphatic rings. The molecule has 150 valence electrons. The maximum absolute atomic E-state index is 12.9. The topological polar surface area (TPSA) is 104 Å². The number of nitrogens with two attached hydrogens (primary N) is 1. The summed E-state index contributed by atoms with van der Waals surface area (Å²) in [7, 11) is -1.34. The maximum Gasteiger partial charge on any atom is 0.409 e. The van der Waals surface area contributed by atoms with Gasteiger partial charge in [0, 0.05) is 15.2 Å². The van der Waals surface area contributed by atoms with Gasteiger partial charge in [-0.25, -0.2) is 13.7 Å². The van der Waals surface area contributed by atoms with Gasteiger partial charge in [-0.1, -0.05) is 30.3 Å². The summed E-state index contributed by atoms with van der Waals surface area (Å²) in [6, 6.07) is 20.9. The van der Waals surface area contributed by atoms with E-state index in [-0.39, 0.29) is 12.1 Å². The number of hydrogen-bond donors (Lipinski definition) is 1. The summed E-state index contributed by atoms with van der Waals surface area (Å²) in [5, 5.41) is 5.33. The zero-order valence-corrected chi connectivity index (χ0v) is 16.5. The van der Waals surface area contributed by atoms with Crippen molar-refractivity contribution < 1.29 is 13.7 Å². The van der Waals surface area contributed by atoms with E-state index in [1.165, 1.54) is 4.68 Å². The molecule has 0 spiro atoms. The Balaban J connectivity index is 1.64. The van der Waals surface area contributed by atoms with Gasteiger partial charge in [-0.15, -0.1) is 0 Å². The summed E-state index contributed by atoms with van der Waals surface area (Å²) in [5.41, 5.74) is 5.49. The van der Waals surface area contributed by atoms with Gasteiger partial charge in [-0.3, -0.25) is 4.79 Å². The monoisotopic (exact) mass is 419 g/mol. The average molecular weight is 419 g/mol. The normalized spacial score (nSPS) is 11.9. The zero-order chi connectivity index (χ0) is 21.1. The highest BCUT2D eigenvalue weighted by Crippen LogP contribution is 2.20. The number of primary amides is 1. The quantitative estimate of drug-likeness (QED) is 0.535. The van der Waals surface area contributed by atoms with Gasteiger partial charge in [-0.05, 0) is 48.0 Å². The van der Waals surface area contributed by atoms with Crippen molar-refractivity contribution in [3.05, 3.63) is 94.9 Å². The molecule has 0 saturated heterocycles. The van der Waals surface area contributed by atoms with Crippen molar-refractivity contribution in [1.82, 2.24) is 9.78 Å². The Labute approximate surface area is 174 Å². The second-order valence-electron chi connectivity index (χ2n) is 6.51. The van der Waals surface area contributed by atoms with Gasteiger partial charge in [-0.2, -0.15) is 5.10 Å². The van der Waals surface area contributed by atoms with Crippen molar-refractivity contribution in [3.63, 3.8) is 0 Å². The van der Waals surface area contributed by atoms with Crippen LogP contribution in [0.3, 0.4) is 0 Å². The van der Waals surface area contributed by atoms with E-state index in [1.807, 2.05) is 18.2 Å². The smallest absolute Gasteiger partial charge is 0.409 e. The van der Waals surface area contributed by atoms with E-state index < -0.39 is 16.9 Å². The van der Waals surface area contributed by atoms with Crippen LogP contribution in [0.5, 0.6) is 5.75 Å². The molecular weight excluding hydrogens is 402 g/mol. The summed E-state index contributed by atoms with van der Waals surface area (Å²) in [6.45, 7) is 0.197. The first-order valence-corrected chi connectivity index (χ1v) is 10.2. The van der Waals surface area contributed by atoms with Crippen molar-refractivity contribution in [2.24, 2.45) is 5.73 Å². The van der Waals surface area contributed by atoms with Crippen LogP contribution in [0.1, 0.15) is 5.56 Å². The Kier molecular flexibility index (Phi) is 5.40. The average Bonchev–Trinajstić information content (AvgIpc) is 2.75. The Morgan fingerprint density at radius 1 is 1.00 bits per heavy atom. The summed E-state index contributed by atoms with van der Waals surface area (Å²) < 4.78 is 18.9. The molecule has 3 aromatic carbocycles. The molecule has 1 atom stereocenters. The van der Waals surface area contributed by atoms with Crippen LogP contribution in [0.15, 0.2) is 93.6 Å². The van der Waals surface area contributed by atoms with Gasteiger partial charge in [0.25, 0.3) is 5.56 Å². The van der Waals surface area contributed by atoms with Crippen LogP contribution in [0.25, 0.3) is 10.8 Å². The first-order valence-electron chi connectivity index (χ1n) is 9.04. The van der Waals surface area contributed by atoms with Crippen molar-refractivity contribution in [2.75, 3.05) is 0 Å². The molecule has 30 heavy (non-hydrogen) atoms. The van der Waals surface area contributed by atoms with Gasteiger partial charge in [0.2, 0.25) is 0 Å². The third-order valence-electron chi connectivity index (χ3n) is 4.44. The lowest BCUT2D eigenvalue weighted by atomic mass is 10.2. The number of ether oxygens (including phenoxy) is 1. The molecule has 1 aromatic heterocycles. The minimum atomic E-state index is -1.34. The predicted molar refractivity (Wildman–Crippen MR) is 113 cm³/mol. The van der Waals surface area contributed by atoms with E-state index in [1.54, 1.807) is 60.8 Å². The number of benzene rings is 3. The maximum atomic E-state index is 12.9. The van der Waals surface area contributed by atoms with E-state index in [0.29, 0.717) is 26.3 Å². The number of nitrogens with zero attached hydrogens (tertiary/aromatic N) is 2. The van der Waals surface area contributed by atoms with Gasteiger partial charge in [0.1, 0.15) is 5.75 Å². The van der Waals surface area contributed by atoms with Gasteiger partial charge in [0.05, 0.1) is 28.9 Å². The van der Waals surface area contributed by atoms with E-state index in [9.17, 15) is 13.8 Å². The fourth-order valence-electron chi connectivity index (χ4n) is 3.07. The molecule has 1 unspecified atom stereocenters. The van der Waals surface area contributed by atoms with Crippen LogP contribution in [0.4, 0.5) is 4.79 Å². The Morgan fingerprint density at radius 3 is 2.57 bits per heavy atom. The molecule has 0 fully saturated rings. The first-order chi connectivity index (χ1) is 14.5. The molecular formula is C22H17N3O4S. The van der Waals surface area contributed by atoms with Gasteiger partial charge in [0.15, 0.2) is 0 Å². The van der Waals surface area contributed by atoms with E-state index >= 15 is 0 Å². The number of aromatic nitrogens is 2. The number of rotatable bonds is 5.